The minimum absolute atomic E-state index is 0.122. The van der Waals surface area contributed by atoms with Crippen LogP contribution in [0.2, 0.25) is 0 Å². The highest BCUT2D eigenvalue weighted by atomic mass is 19.1. The Balaban J connectivity index is 1.62. The van der Waals surface area contributed by atoms with Gasteiger partial charge in [-0.25, -0.2) is 4.39 Å². The number of nitrogens with zero attached hydrogens (tertiary/aromatic N) is 2. The van der Waals surface area contributed by atoms with Gasteiger partial charge in [0.25, 0.3) is 0 Å². The molecular formula is C15H19FN2O2. The molecule has 0 radical (unpaired) electrons. The summed E-state index contributed by atoms with van der Waals surface area (Å²) in [5, 5.41) is 10.2. The highest BCUT2D eigenvalue weighted by Crippen LogP contribution is 2.28. The van der Waals surface area contributed by atoms with Crippen molar-refractivity contribution in [1.29, 1.82) is 0 Å². The van der Waals surface area contributed by atoms with Gasteiger partial charge in [0.1, 0.15) is 5.82 Å². The molecule has 2 aliphatic heterocycles. The summed E-state index contributed by atoms with van der Waals surface area (Å²) in [7, 11) is 0. The molecule has 4 nitrogen and oxygen atoms in total. The van der Waals surface area contributed by atoms with Crippen LogP contribution in [0.15, 0.2) is 18.2 Å². The number of aliphatic hydroxyl groups is 1. The van der Waals surface area contributed by atoms with Gasteiger partial charge in [-0.05, 0) is 30.5 Å². The van der Waals surface area contributed by atoms with Crippen molar-refractivity contribution in [2.45, 2.75) is 25.4 Å². The predicted molar refractivity (Wildman–Crippen MR) is 74.1 cm³/mol. The molecule has 1 amide bonds. The van der Waals surface area contributed by atoms with Gasteiger partial charge in [0.05, 0.1) is 6.10 Å². The SMILES string of the molecule is O=C1CCCN1CC(O)CN1CCc2ccc(F)cc21. The van der Waals surface area contributed by atoms with Crippen molar-refractivity contribution in [3.05, 3.63) is 29.6 Å². The number of hydrogen-bond donors (Lipinski definition) is 1. The number of amides is 1. The first-order valence-electron chi connectivity index (χ1n) is 7.13. The van der Waals surface area contributed by atoms with Crippen LogP contribution < -0.4 is 4.90 Å². The van der Waals surface area contributed by atoms with Crippen LogP contribution in [0.4, 0.5) is 10.1 Å². The Morgan fingerprint density at radius 2 is 2.00 bits per heavy atom. The van der Waals surface area contributed by atoms with E-state index in [4.69, 9.17) is 0 Å². The summed E-state index contributed by atoms with van der Waals surface area (Å²) in [5.74, 6) is -0.128. The molecule has 0 aliphatic carbocycles. The van der Waals surface area contributed by atoms with Gasteiger partial charge in [-0.2, -0.15) is 0 Å². The Labute approximate surface area is 117 Å². The number of likely N-dealkylation sites (tertiary alicyclic amines) is 1. The summed E-state index contributed by atoms with van der Waals surface area (Å²) in [6.07, 6.45) is 1.75. The minimum atomic E-state index is -0.591. The van der Waals surface area contributed by atoms with E-state index in [2.05, 4.69) is 0 Å². The second-order valence-electron chi connectivity index (χ2n) is 5.57. The van der Waals surface area contributed by atoms with Crippen LogP contribution >= 0.6 is 0 Å². The van der Waals surface area contributed by atoms with Gasteiger partial charge < -0.3 is 14.9 Å². The van der Waals surface area contributed by atoms with Gasteiger partial charge in [0.2, 0.25) is 5.91 Å². The molecule has 3 rings (SSSR count). The van der Waals surface area contributed by atoms with E-state index in [9.17, 15) is 14.3 Å². The molecule has 108 valence electrons. The van der Waals surface area contributed by atoms with Crippen LogP contribution in [0.5, 0.6) is 0 Å². The number of halogens is 1. The zero-order valence-electron chi connectivity index (χ0n) is 11.4. The molecule has 1 saturated heterocycles. The Hall–Kier alpha value is -1.62. The zero-order valence-corrected chi connectivity index (χ0v) is 11.4. The molecule has 1 fully saturated rings. The van der Waals surface area contributed by atoms with Gasteiger partial charge in [-0.1, -0.05) is 6.07 Å². The van der Waals surface area contributed by atoms with Crippen LogP contribution in [0.3, 0.4) is 0 Å². The number of hydrogen-bond acceptors (Lipinski definition) is 3. The van der Waals surface area contributed by atoms with Gasteiger partial charge >= 0.3 is 0 Å². The van der Waals surface area contributed by atoms with Crippen LogP contribution in [0.1, 0.15) is 18.4 Å². The molecule has 1 aromatic carbocycles. The van der Waals surface area contributed by atoms with Crippen LogP contribution in [0.25, 0.3) is 0 Å². The Morgan fingerprint density at radius 1 is 1.20 bits per heavy atom. The van der Waals surface area contributed by atoms with Crippen molar-refractivity contribution >= 4 is 11.6 Å². The molecule has 5 heteroatoms. The van der Waals surface area contributed by atoms with Crippen LogP contribution in [-0.2, 0) is 11.2 Å². The number of benzene rings is 1. The first-order chi connectivity index (χ1) is 9.63. The normalized spacial score (nSPS) is 19.6. The van der Waals surface area contributed by atoms with E-state index in [1.165, 1.54) is 12.1 Å². The summed E-state index contributed by atoms with van der Waals surface area (Å²) in [6.45, 7) is 2.35. The average molecular weight is 278 g/mol. The zero-order chi connectivity index (χ0) is 14.1. The second kappa shape index (κ2) is 5.40. The topological polar surface area (TPSA) is 43.8 Å². The van der Waals surface area contributed by atoms with Gasteiger partial charge in [0, 0.05) is 38.3 Å². The van der Waals surface area contributed by atoms with Gasteiger partial charge in [-0.15, -0.1) is 0 Å². The fraction of sp³-hybridized carbons (Fsp3) is 0.533. The molecule has 20 heavy (non-hydrogen) atoms. The maximum atomic E-state index is 13.3. The smallest absolute Gasteiger partial charge is 0.222 e. The lowest BCUT2D eigenvalue weighted by molar-refractivity contribution is -0.128. The van der Waals surface area contributed by atoms with Crippen molar-refractivity contribution in [2.75, 3.05) is 31.1 Å². The lowest BCUT2D eigenvalue weighted by Gasteiger charge is -2.26. The maximum Gasteiger partial charge on any atom is 0.222 e. The number of carbonyl (C=O) groups excluding carboxylic acids is 1. The van der Waals surface area contributed by atoms with E-state index in [1.54, 1.807) is 11.0 Å². The first kappa shape index (κ1) is 13.4. The molecule has 0 bridgehead atoms. The number of β-amino-alcohol motifs (C(OH)–C–C–N with tert-alkyl or cyclic N) is 1. The lowest BCUT2D eigenvalue weighted by atomic mass is 10.1. The van der Waals surface area contributed by atoms with Crippen LogP contribution in [-0.4, -0.2) is 48.2 Å². The highest BCUT2D eigenvalue weighted by molar-refractivity contribution is 5.78. The summed E-state index contributed by atoms with van der Waals surface area (Å²) >= 11 is 0. The van der Waals surface area contributed by atoms with Crippen molar-refractivity contribution in [3.63, 3.8) is 0 Å². The largest absolute Gasteiger partial charge is 0.389 e. The molecule has 1 aromatic rings. The standard InChI is InChI=1S/C15H19FN2O2/c16-12-4-3-11-5-7-17(14(11)8-12)9-13(19)10-18-6-1-2-15(18)20/h3-4,8,13,19H,1-2,5-7,9-10H2. The van der Waals surface area contributed by atoms with Crippen LogP contribution in [0, 0.1) is 5.82 Å². The first-order valence-corrected chi connectivity index (χ1v) is 7.13. The Morgan fingerprint density at radius 3 is 2.75 bits per heavy atom. The van der Waals surface area contributed by atoms with E-state index >= 15 is 0 Å². The maximum absolute atomic E-state index is 13.3. The van der Waals surface area contributed by atoms with Gasteiger partial charge in [-0.3, -0.25) is 4.79 Å². The molecule has 1 atom stereocenters. The minimum Gasteiger partial charge on any atom is -0.389 e. The number of aliphatic hydroxyl groups excluding tert-OH is 1. The lowest BCUT2D eigenvalue weighted by Crippen LogP contribution is -2.40. The molecule has 1 N–H and O–H groups in total. The van der Waals surface area contributed by atoms with E-state index in [-0.39, 0.29) is 11.7 Å². The van der Waals surface area contributed by atoms with Crippen molar-refractivity contribution in [2.24, 2.45) is 0 Å². The van der Waals surface area contributed by atoms with E-state index in [0.717, 1.165) is 37.2 Å². The fourth-order valence-corrected chi connectivity index (χ4v) is 3.07. The quantitative estimate of drug-likeness (QED) is 0.899. The monoisotopic (exact) mass is 278 g/mol. The second-order valence-corrected chi connectivity index (χ2v) is 5.57. The molecule has 2 aliphatic rings. The number of anilines is 1. The molecule has 2 heterocycles. The summed E-state index contributed by atoms with van der Waals surface area (Å²) in [4.78, 5) is 15.3. The third-order valence-electron chi connectivity index (χ3n) is 4.07. The van der Waals surface area contributed by atoms with Crippen molar-refractivity contribution in [1.82, 2.24) is 4.90 Å². The summed E-state index contributed by atoms with van der Waals surface area (Å²) in [6, 6.07) is 4.80. The number of fused-ring (bicyclic) bond motifs is 1. The molecule has 0 spiro atoms. The summed E-state index contributed by atoms with van der Waals surface area (Å²) in [5.41, 5.74) is 1.99. The van der Waals surface area contributed by atoms with E-state index in [0.29, 0.717) is 19.5 Å². The molecular weight excluding hydrogens is 259 g/mol. The average Bonchev–Trinajstić information content (AvgIpc) is 2.98. The number of rotatable bonds is 4. The fourth-order valence-electron chi connectivity index (χ4n) is 3.07. The Kier molecular flexibility index (Phi) is 3.61. The molecule has 0 saturated carbocycles. The predicted octanol–water partition coefficient (Wildman–Crippen LogP) is 1.17. The molecule has 1 unspecified atom stereocenters. The summed E-state index contributed by atoms with van der Waals surface area (Å²) < 4.78 is 13.3. The van der Waals surface area contributed by atoms with E-state index in [1.807, 2.05) is 4.90 Å². The number of carbonyl (C=O) groups is 1. The Bertz CT molecular complexity index is 521. The van der Waals surface area contributed by atoms with Gasteiger partial charge in [0.15, 0.2) is 0 Å². The third kappa shape index (κ3) is 2.63. The third-order valence-corrected chi connectivity index (χ3v) is 4.07. The van der Waals surface area contributed by atoms with E-state index < -0.39 is 6.10 Å². The van der Waals surface area contributed by atoms with Crippen molar-refractivity contribution < 1.29 is 14.3 Å². The molecule has 0 aromatic heterocycles. The highest BCUT2D eigenvalue weighted by Gasteiger charge is 2.26. The van der Waals surface area contributed by atoms with Crippen molar-refractivity contribution in [3.8, 4) is 0 Å².